The van der Waals surface area contributed by atoms with Crippen LogP contribution in [-0.2, 0) is 0 Å². The Morgan fingerprint density at radius 1 is 0.269 bits per heavy atom. The summed E-state index contributed by atoms with van der Waals surface area (Å²) in [6.45, 7) is 0. The third-order valence-electron chi connectivity index (χ3n) is 11.4. The zero-order chi connectivity index (χ0) is 33.9. The molecule has 2 heterocycles. The Kier molecular flexibility index (Phi) is 5.53. The van der Waals surface area contributed by atoms with Gasteiger partial charge >= 0.3 is 0 Å². The monoisotopic (exact) mass is 656 g/mol. The van der Waals surface area contributed by atoms with Crippen molar-refractivity contribution in [3.8, 4) is 11.1 Å². The van der Waals surface area contributed by atoms with Gasteiger partial charge in [0.05, 0.1) is 11.0 Å². The van der Waals surface area contributed by atoms with Gasteiger partial charge in [-0.3, -0.25) is 9.97 Å². The van der Waals surface area contributed by atoms with Gasteiger partial charge in [0.1, 0.15) is 0 Å². The van der Waals surface area contributed by atoms with Gasteiger partial charge in [-0.05, 0) is 100 Å². The Balaban J connectivity index is 1.24. The highest BCUT2D eigenvalue weighted by atomic mass is 14.7. The molecule has 2 aromatic heterocycles. The van der Waals surface area contributed by atoms with Gasteiger partial charge in [-0.15, -0.1) is 0 Å². The number of pyridine rings is 2. The number of hydrogen-bond donors (Lipinski definition) is 0. The summed E-state index contributed by atoms with van der Waals surface area (Å²) in [5, 5.41) is 22.3. The molecule has 12 rings (SSSR count). The van der Waals surface area contributed by atoms with Crippen LogP contribution in [0.2, 0.25) is 0 Å². The molecule has 52 heavy (non-hydrogen) atoms. The molecule has 10 aromatic carbocycles. The van der Waals surface area contributed by atoms with E-state index in [-0.39, 0.29) is 0 Å². The van der Waals surface area contributed by atoms with Crippen LogP contribution < -0.4 is 0 Å². The average molecular weight is 657 g/mol. The molecule has 12 aromatic rings. The summed E-state index contributed by atoms with van der Waals surface area (Å²) in [5.41, 5.74) is 4.48. The molecule has 0 fully saturated rings. The molecule has 0 saturated heterocycles. The van der Waals surface area contributed by atoms with E-state index in [9.17, 15) is 0 Å². The van der Waals surface area contributed by atoms with E-state index in [0.29, 0.717) is 0 Å². The van der Waals surface area contributed by atoms with E-state index in [1.807, 2.05) is 12.4 Å². The largest absolute Gasteiger partial charge is 0.256 e. The van der Waals surface area contributed by atoms with Crippen molar-refractivity contribution in [2.45, 2.75) is 0 Å². The molecule has 0 aliphatic rings. The van der Waals surface area contributed by atoms with Crippen LogP contribution in [0.5, 0.6) is 0 Å². The molecule has 0 radical (unpaired) electrons. The lowest BCUT2D eigenvalue weighted by atomic mass is 9.85. The molecule has 2 heteroatoms. The van der Waals surface area contributed by atoms with E-state index in [1.165, 1.54) is 108 Å². The molecule has 2 nitrogen and oxygen atoms in total. The molecule has 238 valence electrons. The quantitative estimate of drug-likeness (QED) is 0.164. The van der Waals surface area contributed by atoms with Crippen LogP contribution in [0.1, 0.15) is 0 Å². The number of nitrogens with zero attached hydrogens (tertiary/aromatic N) is 2. The maximum atomic E-state index is 5.15. The van der Waals surface area contributed by atoms with Crippen molar-refractivity contribution in [3.63, 3.8) is 0 Å². The summed E-state index contributed by atoms with van der Waals surface area (Å²) in [6.07, 6.45) is 3.85. The number of fused-ring (bicyclic) bond motifs is 20. The Morgan fingerprint density at radius 3 is 1.54 bits per heavy atom. The Morgan fingerprint density at radius 2 is 0.750 bits per heavy atom. The molecule has 0 spiro atoms. The second-order valence-electron chi connectivity index (χ2n) is 14.0. The second kappa shape index (κ2) is 10.3. The Bertz CT molecular complexity index is 3520. The van der Waals surface area contributed by atoms with Gasteiger partial charge in [-0.25, -0.2) is 0 Å². The topological polar surface area (TPSA) is 25.8 Å². The fourth-order valence-electron chi connectivity index (χ4n) is 9.24. The van der Waals surface area contributed by atoms with E-state index in [1.54, 1.807) is 0 Å². The number of aromatic nitrogens is 2. The minimum absolute atomic E-state index is 1.04. The van der Waals surface area contributed by atoms with Crippen LogP contribution in [0.25, 0.3) is 119 Å². The first-order valence-electron chi connectivity index (χ1n) is 17.9. The zero-order valence-electron chi connectivity index (χ0n) is 28.1. The summed E-state index contributed by atoms with van der Waals surface area (Å²) in [7, 11) is 0. The lowest BCUT2D eigenvalue weighted by Crippen LogP contribution is -1.92. The highest BCUT2D eigenvalue weighted by Gasteiger charge is 2.20. The molecule has 0 amide bonds. The van der Waals surface area contributed by atoms with E-state index < -0.39 is 0 Å². The molecule has 0 aliphatic heterocycles. The number of rotatable bonds is 1. The fraction of sp³-hybridized carbons (Fsp3) is 0. The Hall–Kier alpha value is -6.90. The second-order valence-corrected chi connectivity index (χ2v) is 14.0. The van der Waals surface area contributed by atoms with Crippen molar-refractivity contribution in [3.05, 3.63) is 170 Å². The minimum atomic E-state index is 1.04. The van der Waals surface area contributed by atoms with Gasteiger partial charge in [0.25, 0.3) is 0 Å². The molecule has 0 unspecified atom stereocenters. The lowest BCUT2D eigenvalue weighted by molar-refractivity contribution is 1.43. The molecular formula is C50H28N2. The molecule has 0 atom stereocenters. The first-order chi connectivity index (χ1) is 25.8. The molecule has 0 bridgehead atoms. The Labute approximate surface area is 298 Å². The van der Waals surface area contributed by atoms with Crippen LogP contribution in [0.15, 0.2) is 170 Å². The van der Waals surface area contributed by atoms with Gasteiger partial charge in [0.2, 0.25) is 0 Å². The highest BCUT2D eigenvalue weighted by molar-refractivity contribution is 6.38. The van der Waals surface area contributed by atoms with E-state index in [2.05, 4.69) is 158 Å². The summed E-state index contributed by atoms with van der Waals surface area (Å²) in [6, 6.07) is 58.0. The van der Waals surface area contributed by atoms with E-state index >= 15 is 0 Å². The maximum Gasteiger partial charge on any atom is 0.0793 e. The average Bonchev–Trinajstić information content (AvgIpc) is 3.22. The number of benzene rings is 10. The number of hydrogen-bond acceptors (Lipinski definition) is 2. The van der Waals surface area contributed by atoms with Crippen molar-refractivity contribution in [2.75, 3.05) is 0 Å². The predicted molar refractivity (Wildman–Crippen MR) is 223 cm³/mol. The van der Waals surface area contributed by atoms with Crippen molar-refractivity contribution in [1.29, 1.82) is 0 Å². The van der Waals surface area contributed by atoms with Crippen LogP contribution in [0.4, 0.5) is 0 Å². The van der Waals surface area contributed by atoms with Gasteiger partial charge in [-0.1, -0.05) is 133 Å². The van der Waals surface area contributed by atoms with Gasteiger partial charge in [-0.2, -0.15) is 0 Å². The van der Waals surface area contributed by atoms with E-state index in [4.69, 9.17) is 9.97 Å². The first kappa shape index (κ1) is 27.9. The molecular weight excluding hydrogens is 629 g/mol. The van der Waals surface area contributed by atoms with Crippen LogP contribution >= 0.6 is 0 Å². The first-order valence-corrected chi connectivity index (χ1v) is 17.9. The van der Waals surface area contributed by atoms with Gasteiger partial charge in [0.15, 0.2) is 0 Å². The summed E-state index contributed by atoms with van der Waals surface area (Å²) in [4.78, 5) is 10.1. The molecule has 0 N–H and O–H groups in total. The molecule has 0 saturated carbocycles. The summed E-state index contributed by atoms with van der Waals surface area (Å²) in [5.74, 6) is 0. The summed E-state index contributed by atoms with van der Waals surface area (Å²) >= 11 is 0. The molecule has 0 aliphatic carbocycles. The van der Waals surface area contributed by atoms with Gasteiger partial charge < -0.3 is 0 Å². The predicted octanol–water partition coefficient (Wildman–Crippen LogP) is 13.7. The van der Waals surface area contributed by atoms with Crippen LogP contribution in [-0.4, -0.2) is 9.97 Å². The minimum Gasteiger partial charge on any atom is -0.256 e. The summed E-state index contributed by atoms with van der Waals surface area (Å²) < 4.78 is 0. The van der Waals surface area contributed by atoms with Crippen LogP contribution in [0.3, 0.4) is 0 Å². The highest BCUT2D eigenvalue weighted by Crippen LogP contribution is 2.47. The van der Waals surface area contributed by atoms with Gasteiger partial charge in [0, 0.05) is 44.7 Å². The SMILES string of the molecule is c1ccc2c(c1)ccc1c2c2cccnc2c2c(-c3ccc4c(ccc5c6cccnc6c6ccc7ccccc7c6c45)c3)cc3ccccc3c12. The lowest BCUT2D eigenvalue weighted by Gasteiger charge is -2.18. The van der Waals surface area contributed by atoms with Crippen molar-refractivity contribution < 1.29 is 0 Å². The van der Waals surface area contributed by atoms with E-state index in [0.717, 1.165) is 11.0 Å². The standard InChI is InChI=1S/C50H28N2/c1-4-12-34-29(9-1)17-23-40-44(34)41-16-8-26-52-50(41)48-43(28-31-11-3-6-14-36(31)46(40)48)33-19-21-37-32(27-33)20-22-38-39-15-7-25-51-49(39)42-24-18-30-10-2-5-13-35(30)47(42)45(37)38/h1-28H. The smallest absolute Gasteiger partial charge is 0.0793 e. The fourth-order valence-corrected chi connectivity index (χ4v) is 9.24. The van der Waals surface area contributed by atoms with Crippen molar-refractivity contribution >= 4 is 108 Å². The third kappa shape index (κ3) is 3.68. The van der Waals surface area contributed by atoms with Crippen molar-refractivity contribution in [2.24, 2.45) is 0 Å². The van der Waals surface area contributed by atoms with Crippen molar-refractivity contribution in [1.82, 2.24) is 9.97 Å². The maximum absolute atomic E-state index is 5.15. The normalized spacial score (nSPS) is 12.2. The third-order valence-corrected chi connectivity index (χ3v) is 11.4. The zero-order valence-corrected chi connectivity index (χ0v) is 28.1. The van der Waals surface area contributed by atoms with Crippen LogP contribution in [0, 0.1) is 0 Å².